The van der Waals surface area contributed by atoms with E-state index in [0.29, 0.717) is 20.8 Å². The number of amidine groups is 1. The van der Waals surface area contributed by atoms with Crippen LogP contribution in [0.5, 0.6) is 0 Å². The molecule has 1 aliphatic rings. The van der Waals surface area contributed by atoms with Crippen molar-refractivity contribution in [3.05, 3.63) is 62.4 Å². The number of hydrogen-bond acceptors (Lipinski definition) is 4. The van der Waals surface area contributed by atoms with Crippen molar-refractivity contribution in [3.63, 3.8) is 0 Å². The lowest BCUT2D eigenvalue weighted by Crippen LogP contribution is -2.19. The van der Waals surface area contributed by atoms with Gasteiger partial charge in [-0.3, -0.25) is 4.79 Å². The Hall–Kier alpha value is -1.76. The molecule has 0 unspecified atom stereocenters. The Bertz CT molecular complexity index is 896. The molecule has 0 radical (unpaired) electrons. The fourth-order valence-electron chi connectivity index (χ4n) is 2.26. The van der Waals surface area contributed by atoms with Gasteiger partial charge in [0.2, 0.25) is 0 Å². The minimum Gasteiger partial charge on any atom is -0.377 e. The Morgan fingerprint density at radius 1 is 1.24 bits per heavy atom. The molecule has 0 bridgehead atoms. The molecule has 2 aromatic carbocycles. The van der Waals surface area contributed by atoms with Crippen LogP contribution in [-0.4, -0.2) is 25.2 Å². The van der Waals surface area contributed by atoms with Crippen molar-refractivity contribution in [1.82, 2.24) is 5.32 Å². The molecule has 128 valence electrons. The highest BCUT2D eigenvalue weighted by Gasteiger charge is 2.24. The van der Waals surface area contributed by atoms with Gasteiger partial charge in [-0.15, -0.1) is 0 Å². The van der Waals surface area contributed by atoms with Gasteiger partial charge in [0.05, 0.1) is 21.3 Å². The first-order chi connectivity index (χ1) is 11.9. The molecule has 1 amide bonds. The number of benzene rings is 2. The molecule has 25 heavy (non-hydrogen) atoms. The van der Waals surface area contributed by atoms with Crippen LogP contribution in [0.1, 0.15) is 5.56 Å². The number of halogens is 2. The predicted molar refractivity (Wildman–Crippen MR) is 111 cm³/mol. The smallest absolute Gasteiger partial charge is 0.264 e. The highest BCUT2D eigenvalue weighted by atomic mass is 79.9. The van der Waals surface area contributed by atoms with Gasteiger partial charge in [0, 0.05) is 18.6 Å². The summed E-state index contributed by atoms with van der Waals surface area (Å²) >= 11 is 11.0. The van der Waals surface area contributed by atoms with E-state index in [-0.39, 0.29) is 5.91 Å². The molecule has 1 N–H and O–H groups in total. The van der Waals surface area contributed by atoms with E-state index in [1.807, 2.05) is 55.4 Å². The summed E-state index contributed by atoms with van der Waals surface area (Å²) in [4.78, 5) is 19.2. The number of para-hydroxylation sites is 1. The molecular formula is C18H15BrClN3OS. The van der Waals surface area contributed by atoms with Crippen LogP contribution >= 0.6 is 39.3 Å². The zero-order chi connectivity index (χ0) is 18.0. The summed E-state index contributed by atoms with van der Waals surface area (Å²) in [5, 5.41) is 3.84. The van der Waals surface area contributed by atoms with Crippen molar-refractivity contribution in [1.29, 1.82) is 0 Å². The van der Waals surface area contributed by atoms with E-state index in [4.69, 9.17) is 11.6 Å². The van der Waals surface area contributed by atoms with Crippen LogP contribution in [0.25, 0.3) is 6.08 Å². The molecule has 0 spiro atoms. The van der Waals surface area contributed by atoms with Gasteiger partial charge in [-0.25, -0.2) is 4.99 Å². The van der Waals surface area contributed by atoms with Gasteiger partial charge in [0.1, 0.15) is 0 Å². The predicted octanol–water partition coefficient (Wildman–Crippen LogP) is 5.06. The third kappa shape index (κ3) is 4.26. The molecule has 3 rings (SSSR count). The van der Waals surface area contributed by atoms with Gasteiger partial charge in [0.15, 0.2) is 5.17 Å². The molecule has 0 aliphatic carbocycles. The zero-order valence-electron chi connectivity index (χ0n) is 13.6. The van der Waals surface area contributed by atoms with Crippen LogP contribution < -0.4 is 10.2 Å². The highest BCUT2D eigenvalue weighted by molar-refractivity contribution is 9.10. The fourth-order valence-corrected chi connectivity index (χ4v) is 4.02. The normalized spacial score (nSPS) is 17.2. The Morgan fingerprint density at radius 3 is 2.68 bits per heavy atom. The SMILES string of the molecule is CN(C)c1ccc(/C=C2/SC(=Nc3ccccc3Cl)NC2=O)cc1Br. The maximum Gasteiger partial charge on any atom is 0.264 e. The lowest BCUT2D eigenvalue weighted by Gasteiger charge is -2.14. The number of amides is 1. The van der Waals surface area contributed by atoms with E-state index in [9.17, 15) is 4.79 Å². The molecule has 2 aromatic rings. The largest absolute Gasteiger partial charge is 0.377 e. The zero-order valence-corrected chi connectivity index (χ0v) is 16.7. The summed E-state index contributed by atoms with van der Waals surface area (Å²) in [6.45, 7) is 0. The van der Waals surface area contributed by atoms with E-state index >= 15 is 0 Å². The van der Waals surface area contributed by atoms with Crippen molar-refractivity contribution < 1.29 is 4.79 Å². The molecule has 1 aliphatic heterocycles. The minimum absolute atomic E-state index is 0.163. The van der Waals surface area contributed by atoms with E-state index in [2.05, 4.69) is 26.2 Å². The molecule has 0 saturated carbocycles. The molecule has 0 atom stereocenters. The number of nitrogens with one attached hydrogen (secondary N) is 1. The van der Waals surface area contributed by atoms with Crippen LogP contribution in [0.3, 0.4) is 0 Å². The van der Waals surface area contributed by atoms with E-state index < -0.39 is 0 Å². The van der Waals surface area contributed by atoms with Gasteiger partial charge in [0.25, 0.3) is 5.91 Å². The van der Waals surface area contributed by atoms with Crippen LogP contribution in [0, 0.1) is 0 Å². The van der Waals surface area contributed by atoms with Gasteiger partial charge in [-0.1, -0.05) is 29.8 Å². The molecule has 0 aromatic heterocycles. The Labute approximate surface area is 164 Å². The lowest BCUT2D eigenvalue weighted by molar-refractivity contribution is -0.115. The van der Waals surface area contributed by atoms with Crippen molar-refractivity contribution >= 4 is 67.8 Å². The first-order valence-corrected chi connectivity index (χ1v) is 9.44. The average molecular weight is 437 g/mol. The molecular weight excluding hydrogens is 422 g/mol. The molecule has 4 nitrogen and oxygen atoms in total. The van der Waals surface area contributed by atoms with Crippen molar-refractivity contribution in [3.8, 4) is 0 Å². The second-order valence-corrected chi connectivity index (χ2v) is 7.83. The van der Waals surface area contributed by atoms with Crippen LogP contribution in [0.4, 0.5) is 11.4 Å². The monoisotopic (exact) mass is 435 g/mol. The number of carbonyl (C=O) groups is 1. The molecule has 1 heterocycles. The van der Waals surface area contributed by atoms with Gasteiger partial charge < -0.3 is 10.2 Å². The van der Waals surface area contributed by atoms with E-state index in [0.717, 1.165) is 15.7 Å². The maximum absolute atomic E-state index is 12.2. The summed E-state index contributed by atoms with van der Waals surface area (Å²) in [6.07, 6.45) is 1.85. The summed E-state index contributed by atoms with van der Waals surface area (Å²) in [5.74, 6) is -0.163. The second kappa shape index (κ2) is 7.64. The Morgan fingerprint density at radius 2 is 2.00 bits per heavy atom. The summed E-state index contributed by atoms with van der Waals surface area (Å²) in [7, 11) is 3.96. The highest BCUT2D eigenvalue weighted by Crippen LogP contribution is 2.32. The molecule has 1 fully saturated rings. The summed E-state index contributed by atoms with van der Waals surface area (Å²) in [6, 6.07) is 13.2. The summed E-state index contributed by atoms with van der Waals surface area (Å²) < 4.78 is 0.972. The van der Waals surface area contributed by atoms with Gasteiger partial charge in [-0.05, 0) is 63.6 Å². The second-order valence-electron chi connectivity index (χ2n) is 5.54. The number of carbonyl (C=O) groups excluding carboxylic acids is 1. The maximum atomic E-state index is 12.2. The number of nitrogens with zero attached hydrogens (tertiary/aromatic N) is 2. The van der Waals surface area contributed by atoms with Crippen LogP contribution in [0.2, 0.25) is 5.02 Å². The van der Waals surface area contributed by atoms with Crippen LogP contribution in [0.15, 0.2) is 56.8 Å². The first kappa shape index (κ1) is 18.0. The number of aliphatic imine (C=N–C) groups is 1. The number of hydrogen-bond donors (Lipinski definition) is 1. The van der Waals surface area contributed by atoms with Crippen molar-refractivity contribution in [2.75, 3.05) is 19.0 Å². The molecule has 7 heteroatoms. The topological polar surface area (TPSA) is 44.7 Å². The molecule has 1 saturated heterocycles. The first-order valence-electron chi connectivity index (χ1n) is 7.45. The Kier molecular flexibility index (Phi) is 5.51. The van der Waals surface area contributed by atoms with Crippen molar-refractivity contribution in [2.24, 2.45) is 4.99 Å². The van der Waals surface area contributed by atoms with Gasteiger partial charge >= 0.3 is 0 Å². The summed E-state index contributed by atoms with van der Waals surface area (Å²) in [5.41, 5.74) is 2.65. The fraction of sp³-hybridized carbons (Fsp3) is 0.111. The van der Waals surface area contributed by atoms with Crippen molar-refractivity contribution in [2.45, 2.75) is 0 Å². The Balaban J connectivity index is 1.84. The third-order valence-corrected chi connectivity index (χ3v) is 5.34. The average Bonchev–Trinajstić information content (AvgIpc) is 2.89. The number of thioether (sulfide) groups is 1. The number of rotatable bonds is 3. The lowest BCUT2D eigenvalue weighted by atomic mass is 10.2. The standard InChI is InChI=1S/C18H15BrClN3OS/c1-23(2)15-8-7-11(9-12(15)19)10-16-17(24)22-18(25-16)21-14-6-4-3-5-13(14)20/h3-10H,1-2H3,(H,21,22,24)/b16-10+. The van der Waals surface area contributed by atoms with E-state index in [1.54, 1.807) is 12.1 Å². The van der Waals surface area contributed by atoms with Gasteiger partial charge in [-0.2, -0.15) is 0 Å². The van der Waals surface area contributed by atoms with E-state index in [1.165, 1.54) is 11.8 Å². The third-order valence-electron chi connectivity index (χ3n) is 3.48. The number of anilines is 1. The minimum atomic E-state index is -0.163. The quantitative estimate of drug-likeness (QED) is 0.684. The van der Waals surface area contributed by atoms with Crippen LogP contribution in [-0.2, 0) is 4.79 Å².